The molecule has 3 rings (SSSR count). The average molecular weight is 402 g/mol. The number of hydrogen-bond donors (Lipinski definition) is 1. The number of anilines is 2. The van der Waals surface area contributed by atoms with Gasteiger partial charge in [-0.3, -0.25) is 4.79 Å². The SMILES string of the molecule is Cc1ccc(NC(=O)/C(C#N)=C\c2cc3c(cc2C)N(C)C(C)(C)C[C@@H]3C)c(C)c1. The van der Waals surface area contributed by atoms with Crippen LogP contribution in [0.15, 0.2) is 35.9 Å². The van der Waals surface area contributed by atoms with Gasteiger partial charge in [0.05, 0.1) is 0 Å². The third kappa shape index (κ3) is 4.11. The second-order valence-corrected chi connectivity index (χ2v) is 9.19. The van der Waals surface area contributed by atoms with Gasteiger partial charge in [-0.15, -0.1) is 0 Å². The van der Waals surface area contributed by atoms with Crippen LogP contribution in [0.25, 0.3) is 6.08 Å². The Labute approximate surface area is 180 Å². The molecule has 1 N–H and O–H groups in total. The number of aryl methyl sites for hydroxylation is 3. The predicted octanol–water partition coefficient (Wildman–Crippen LogP) is 5.88. The number of carbonyl (C=O) groups is 1. The molecule has 0 aromatic heterocycles. The van der Waals surface area contributed by atoms with Crippen molar-refractivity contribution in [3.8, 4) is 6.07 Å². The van der Waals surface area contributed by atoms with Gasteiger partial charge in [0.2, 0.25) is 0 Å². The first-order chi connectivity index (χ1) is 14.0. The largest absolute Gasteiger partial charge is 0.369 e. The Morgan fingerprint density at radius 1 is 1.20 bits per heavy atom. The summed E-state index contributed by atoms with van der Waals surface area (Å²) in [5, 5.41) is 12.5. The summed E-state index contributed by atoms with van der Waals surface area (Å²) in [6.45, 7) is 12.8. The highest BCUT2D eigenvalue weighted by atomic mass is 16.1. The molecule has 2 aromatic carbocycles. The van der Waals surface area contributed by atoms with Crippen molar-refractivity contribution in [1.82, 2.24) is 0 Å². The second kappa shape index (κ2) is 7.99. The van der Waals surface area contributed by atoms with E-state index in [1.807, 2.05) is 39.0 Å². The van der Waals surface area contributed by atoms with E-state index in [-0.39, 0.29) is 17.0 Å². The van der Waals surface area contributed by atoms with Gasteiger partial charge >= 0.3 is 0 Å². The van der Waals surface area contributed by atoms with E-state index in [9.17, 15) is 10.1 Å². The minimum atomic E-state index is -0.382. The van der Waals surface area contributed by atoms with Crippen molar-refractivity contribution in [2.75, 3.05) is 17.3 Å². The highest BCUT2D eigenvalue weighted by molar-refractivity contribution is 6.10. The van der Waals surface area contributed by atoms with Crippen LogP contribution in [-0.4, -0.2) is 18.5 Å². The summed E-state index contributed by atoms with van der Waals surface area (Å²) in [5.74, 6) is 0.0291. The molecule has 1 atom stereocenters. The van der Waals surface area contributed by atoms with Crippen molar-refractivity contribution < 1.29 is 4.79 Å². The standard InChI is InChI=1S/C26H31N3O/c1-16-8-9-23(18(3)10-16)28-25(30)21(15-27)12-20-13-22-19(4)14-26(5,6)29(7)24(22)11-17(20)2/h8-13,19H,14H2,1-7H3,(H,28,30)/b21-12-/t19-/m0/s1. The molecule has 1 amide bonds. The third-order valence-electron chi connectivity index (χ3n) is 6.32. The Morgan fingerprint density at radius 3 is 2.53 bits per heavy atom. The fourth-order valence-corrected chi connectivity index (χ4v) is 4.34. The molecule has 4 heteroatoms. The summed E-state index contributed by atoms with van der Waals surface area (Å²) < 4.78 is 0. The molecular weight excluding hydrogens is 370 g/mol. The number of amides is 1. The van der Waals surface area contributed by atoms with Crippen LogP contribution in [0.3, 0.4) is 0 Å². The van der Waals surface area contributed by atoms with E-state index in [2.05, 4.69) is 56.2 Å². The maximum atomic E-state index is 12.8. The molecular formula is C26H31N3O. The van der Waals surface area contributed by atoms with E-state index in [0.717, 1.165) is 34.4 Å². The number of benzene rings is 2. The van der Waals surface area contributed by atoms with Crippen LogP contribution in [0.2, 0.25) is 0 Å². The van der Waals surface area contributed by atoms with Crippen molar-refractivity contribution >= 4 is 23.4 Å². The van der Waals surface area contributed by atoms with Crippen molar-refractivity contribution in [2.24, 2.45) is 0 Å². The first kappa shape index (κ1) is 21.6. The van der Waals surface area contributed by atoms with Crippen LogP contribution >= 0.6 is 0 Å². The molecule has 0 radical (unpaired) electrons. The number of fused-ring (bicyclic) bond motifs is 1. The zero-order valence-electron chi connectivity index (χ0n) is 19.1. The van der Waals surface area contributed by atoms with Gasteiger partial charge in [0, 0.05) is 24.0 Å². The predicted molar refractivity (Wildman–Crippen MR) is 125 cm³/mol. The summed E-state index contributed by atoms with van der Waals surface area (Å²) in [6.07, 6.45) is 2.77. The van der Waals surface area contributed by atoms with Gasteiger partial charge in [0.25, 0.3) is 5.91 Å². The molecule has 0 aliphatic carbocycles. The number of carbonyl (C=O) groups excluding carboxylic acids is 1. The minimum Gasteiger partial charge on any atom is -0.369 e. The number of nitrogens with zero attached hydrogens (tertiary/aromatic N) is 2. The lowest BCUT2D eigenvalue weighted by molar-refractivity contribution is -0.112. The van der Waals surface area contributed by atoms with E-state index in [1.165, 1.54) is 11.3 Å². The van der Waals surface area contributed by atoms with Crippen LogP contribution in [0, 0.1) is 32.1 Å². The van der Waals surface area contributed by atoms with Crippen molar-refractivity contribution in [1.29, 1.82) is 5.26 Å². The van der Waals surface area contributed by atoms with E-state index >= 15 is 0 Å². The molecule has 4 nitrogen and oxygen atoms in total. The van der Waals surface area contributed by atoms with Crippen molar-refractivity contribution in [3.63, 3.8) is 0 Å². The zero-order valence-corrected chi connectivity index (χ0v) is 19.1. The molecule has 0 fully saturated rings. The first-order valence-electron chi connectivity index (χ1n) is 10.4. The Kier molecular flexibility index (Phi) is 5.76. The highest BCUT2D eigenvalue weighted by Crippen LogP contribution is 2.43. The van der Waals surface area contributed by atoms with Gasteiger partial charge in [-0.05, 0) is 93.5 Å². The molecule has 0 bridgehead atoms. The summed E-state index contributed by atoms with van der Waals surface area (Å²) in [7, 11) is 2.14. The Hall–Kier alpha value is -3.06. The molecule has 1 aliphatic heterocycles. The Bertz CT molecular complexity index is 1070. The quantitative estimate of drug-likeness (QED) is 0.516. The van der Waals surface area contributed by atoms with Gasteiger partial charge in [0.1, 0.15) is 11.6 Å². The van der Waals surface area contributed by atoms with Gasteiger partial charge in [-0.1, -0.05) is 24.6 Å². The molecule has 2 aromatic rings. The van der Waals surface area contributed by atoms with Crippen LogP contribution in [0.5, 0.6) is 0 Å². The number of hydrogen-bond acceptors (Lipinski definition) is 3. The molecule has 0 saturated carbocycles. The number of rotatable bonds is 3. The van der Waals surface area contributed by atoms with Crippen LogP contribution in [-0.2, 0) is 4.79 Å². The monoisotopic (exact) mass is 401 g/mol. The fraction of sp³-hybridized carbons (Fsp3) is 0.385. The molecule has 0 unspecified atom stereocenters. The smallest absolute Gasteiger partial charge is 0.266 e. The van der Waals surface area contributed by atoms with Gasteiger partial charge in [-0.2, -0.15) is 5.26 Å². The summed E-state index contributed by atoms with van der Waals surface area (Å²) in [5.41, 5.74) is 7.51. The second-order valence-electron chi connectivity index (χ2n) is 9.19. The maximum Gasteiger partial charge on any atom is 0.266 e. The normalized spacial score (nSPS) is 17.9. The summed E-state index contributed by atoms with van der Waals surface area (Å²) >= 11 is 0. The average Bonchev–Trinajstić information content (AvgIpc) is 2.66. The van der Waals surface area contributed by atoms with E-state index < -0.39 is 0 Å². The van der Waals surface area contributed by atoms with Crippen LogP contribution in [0.1, 0.15) is 60.9 Å². The molecule has 1 aliphatic rings. The minimum absolute atomic E-state index is 0.0970. The van der Waals surface area contributed by atoms with Gasteiger partial charge in [-0.25, -0.2) is 0 Å². The summed E-state index contributed by atoms with van der Waals surface area (Å²) in [6, 6.07) is 12.2. The van der Waals surface area contributed by atoms with Gasteiger partial charge in [0.15, 0.2) is 0 Å². The molecule has 0 saturated heterocycles. The molecule has 1 heterocycles. The van der Waals surface area contributed by atoms with Gasteiger partial charge < -0.3 is 10.2 Å². The lowest BCUT2D eigenvalue weighted by Crippen LogP contribution is -2.45. The summed E-state index contributed by atoms with van der Waals surface area (Å²) in [4.78, 5) is 15.1. The number of nitriles is 1. The third-order valence-corrected chi connectivity index (χ3v) is 6.32. The first-order valence-corrected chi connectivity index (χ1v) is 10.4. The van der Waals surface area contributed by atoms with Crippen LogP contribution < -0.4 is 10.2 Å². The lowest BCUT2D eigenvalue weighted by atomic mass is 9.79. The Morgan fingerprint density at radius 2 is 1.90 bits per heavy atom. The van der Waals surface area contributed by atoms with E-state index in [4.69, 9.17) is 0 Å². The maximum absolute atomic E-state index is 12.8. The molecule has 156 valence electrons. The van der Waals surface area contributed by atoms with E-state index in [1.54, 1.807) is 6.08 Å². The Balaban J connectivity index is 1.96. The number of nitrogens with one attached hydrogen (secondary N) is 1. The van der Waals surface area contributed by atoms with Crippen molar-refractivity contribution in [3.05, 3.63) is 63.7 Å². The lowest BCUT2D eigenvalue weighted by Gasteiger charge is -2.45. The van der Waals surface area contributed by atoms with Crippen molar-refractivity contribution in [2.45, 2.75) is 59.4 Å². The molecule has 0 spiro atoms. The highest BCUT2D eigenvalue weighted by Gasteiger charge is 2.34. The van der Waals surface area contributed by atoms with Crippen LogP contribution in [0.4, 0.5) is 11.4 Å². The zero-order chi connectivity index (χ0) is 22.2. The van der Waals surface area contributed by atoms with E-state index in [0.29, 0.717) is 5.92 Å². The fourth-order valence-electron chi connectivity index (χ4n) is 4.34. The topological polar surface area (TPSA) is 56.1 Å². The molecule has 30 heavy (non-hydrogen) atoms.